The molecule has 172 valence electrons. The van der Waals surface area contributed by atoms with E-state index in [1.165, 1.54) is 11.8 Å². The number of ether oxygens (including phenoxy) is 2. The van der Waals surface area contributed by atoms with E-state index >= 15 is 0 Å². The minimum absolute atomic E-state index is 0.133. The number of hydrogen-bond donors (Lipinski definition) is 1. The van der Waals surface area contributed by atoms with Crippen molar-refractivity contribution >= 4 is 35.0 Å². The zero-order valence-corrected chi connectivity index (χ0v) is 19.8. The van der Waals surface area contributed by atoms with Gasteiger partial charge in [0.1, 0.15) is 0 Å². The number of thioether (sulfide) groups is 1. The molecule has 9 heteroatoms. The molecule has 0 spiro atoms. The van der Waals surface area contributed by atoms with Crippen LogP contribution in [0.2, 0.25) is 5.02 Å². The molecule has 1 aliphatic heterocycles. The fraction of sp³-hybridized carbons (Fsp3) is 0.160. The van der Waals surface area contributed by atoms with E-state index in [0.717, 1.165) is 28.5 Å². The van der Waals surface area contributed by atoms with Crippen molar-refractivity contribution in [1.29, 1.82) is 0 Å². The Labute approximate surface area is 206 Å². The van der Waals surface area contributed by atoms with Gasteiger partial charge >= 0.3 is 0 Å². The van der Waals surface area contributed by atoms with E-state index in [4.69, 9.17) is 21.1 Å². The van der Waals surface area contributed by atoms with Crippen LogP contribution in [0.5, 0.6) is 11.5 Å². The van der Waals surface area contributed by atoms with Crippen LogP contribution in [0, 0.1) is 0 Å². The summed E-state index contributed by atoms with van der Waals surface area (Å²) in [6.45, 7) is 2.58. The highest BCUT2D eigenvalue weighted by Gasteiger charge is 2.22. The number of benzene rings is 3. The largest absolute Gasteiger partial charge is 0.454 e. The van der Waals surface area contributed by atoms with Crippen LogP contribution in [0.15, 0.2) is 78.0 Å². The second-order valence-electron chi connectivity index (χ2n) is 7.70. The zero-order chi connectivity index (χ0) is 23.5. The van der Waals surface area contributed by atoms with Gasteiger partial charge in [-0.05, 0) is 48.9 Å². The molecule has 1 amide bonds. The molecule has 0 saturated heterocycles. The maximum absolute atomic E-state index is 12.8. The Morgan fingerprint density at radius 2 is 1.82 bits per heavy atom. The van der Waals surface area contributed by atoms with E-state index in [2.05, 4.69) is 15.5 Å². The van der Waals surface area contributed by atoms with Crippen LogP contribution in [0.4, 0.5) is 5.69 Å². The van der Waals surface area contributed by atoms with Crippen LogP contribution in [0.1, 0.15) is 12.5 Å². The lowest BCUT2D eigenvalue weighted by atomic mass is 10.2. The Morgan fingerprint density at radius 3 is 2.62 bits per heavy atom. The fourth-order valence-corrected chi connectivity index (χ4v) is 4.50. The Hall–Kier alpha value is -3.49. The van der Waals surface area contributed by atoms with Crippen molar-refractivity contribution in [3.63, 3.8) is 0 Å². The van der Waals surface area contributed by atoms with Crippen molar-refractivity contribution in [2.45, 2.75) is 23.9 Å². The summed E-state index contributed by atoms with van der Waals surface area (Å²) in [7, 11) is 0. The number of halogens is 1. The van der Waals surface area contributed by atoms with Gasteiger partial charge in [0.25, 0.3) is 0 Å². The third-order valence-electron chi connectivity index (χ3n) is 5.29. The number of fused-ring (bicyclic) bond motifs is 1. The highest BCUT2D eigenvalue weighted by Crippen LogP contribution is 2.34. The number of amides is 1. The van der Waals surface area contributed by atoms with Gasteiger partial charge in [-0.1, -0.05) is 59.8 Å². The fourth-order valence-electron chi connectivity index (χ4n) is 3.53. The molecular formula is C25H21ClN4O3S. The smallest absolute Gasteiger partial charge is 0.237 e. The standard InChI is InChI=1S/C25H21ClN4O3S/c1-16(24(31)27-20-10-8-19(26)9-11-20)34-25-29-28-23(18-5-3-2-4-6-18)30(25)14-17-7-12-21-22(13-17)33-15-32-21/h2-13,16H,14-15H2,1H3,(H,27,31). The topological polar surface area (TPSA) is 78.3 Å². The number of nitrogens with one attached hydrogen (secondary N) is 1. The van der Waals surface area contributed by atoms with Crippen molar-refractivity contribution in [2.75, 3.05) is 12.1 Å². The quantitative estimate of drug-likeness (QED) is 0.343. The predicted octanol–water partition coefficient (Wildman–Crippen LogP) is 5.49. The van der Waals surface area contributed by atoms with Crippen LogP contribution in [-0.2, 0) is 11.3 Å². The molecule has 0 aliphatic carbocycles. The molecule has 0 radical (unpaired) electrons. The second-order valence-corrected chi connectivity index (χ2v) is 9.45. The average molecular weight is 493 g/mol. The number of rotatable bonds is 7. The maximum atomic E-state index is 12.8. The molecule has 0 bridgehead atoms. The lowest BCUT2D eigenvalue weighted by Gasteiger charge is -2.14. The molecule has 1 aliphatic rings. The van der Waals surface area contributed by atoms with E-state index in [-0.39, 0.29) is 12.7 Å². The van der Waals surface area contributed by atoms with Crippen molar-refractivity contribution in [1.82, 2.24) is 14.8 Å². The summed E-state index contributed by atoms with van der Waals surface area (Å²) >= 11 is 7.29. The molecule has 2 heterocycles. The van der Waals surface area contributed by atoms with E-state index in [1.807, 2.05) is 60.0 Å². The Bertz CT molecular complexity index is 1310. The van der Waals surface area contributed by atoms with Crippen molar-refractivity contribution in [2.24, 2.45) is 0 Å². The van der Waals surface area contributed by atoms with Gasteiger partial charge in [0.2, 0.25) is 12.7 Å². The van der Waals surface area contributed by atoms with Crippen LogP contribution >= 0.6 is 23.4 Å². The monoisotopic (exact) mass is 492 g/mol. The van der Waals surface area contributed by atoms with E-state index in [0.29, 0.717) is 22.4 Å². The molecule has 1 atom stereocenters. The summed E-state index contributed by atoms with van der Waals surface area (Å²) in [4.78, 5) is 12.8. The summed E-state index contributed by atoms with van der Waals surface area (Å²) in [5, 5.41) is 12.7. The SMILES string of the molecule is CC(Sc1nnc(-c2ccccc2)n1Cc1ccc2c(c1)OCO2)C(=O)Nc1ccc(Cl)cc1. The lowest BCUT2D eigenvalue weighted by Crippen LogP contribution is -2.23. The molecule has 1 N–H and O–H groups in total. The van der Waals surface area contributed by atoms with Gasteiger partial charge in [-0.3, -0.25) is 9.36 Å². The first-order valence-electron chi connectivity index (χ1n) is 10.7. The molecule has 1 unspecified atom stereocenters. The van der Waals surface area contributed by atoms with Crippen LogP contribution < -0.4 is 14.8 Å². The number of carbonyl (C=O) groups is 1. The number of hydrogen-bond acceptors (Lipinski definition) is 6. The van der Waals surface area contributed by atoms with Crippen molar-refractivity contribution in [3.05, 3.63) is 83.4 Å². The Kier molecular flexibility index (Phi) is 6.42. The first-order chi connectivity index (χ1) is 16.6. The summed E-state index contributed by atoms with van der Waals surface area (Å²) in [6.07, 6.45) is 0. The second kappa shape index (κ2) is 9.79. The average Bonchev–Trinajstić information content (AvgIpc) is 3.48. The minimum Gasteiger partial charge on any atom is -0.454 e. The molecule has 1 aromatic heterocycles. The molecule has 34 heavy (non-hydrogen) atoms. The highest BCUT2D eigenvalue weighted by molar-refractivity contribution is 8.00. The van der Waals surface area contributed by atoms with Crippen molar-refractivity contribution < 1.29 is 14.3 Å². The maximum Gasteiger partial charge on any atom is 0.237 e. The highest BCUT2D eigenvalue weighted by atomic mass is 35.5. The molecule has 7 nitrogen and oxygen atoms in total. The third-order valence-corrected chi connectivity index (χ3v) is 6.62. The van der Waals surface area contributed by atoms with Crippen LogP contribution in [0.3, 0.4) is 0 Å². The van der Waals surface area contributed by atoms with Gasteiger partial charge in [-0.2, -0.15) is 0 Å². The number of carbonyl (C=O) groups excluding carboxylic acids is 1. The predicted molar refractivity (Wildman–Crippen MR) is 133 cm³/mol. The van der Waals surface area contributed by atoms with Crippen molar-refractivity contribution in [3.8, 4) is 22.9 Å². The Balaban J connectivity index is 1.40. The molecule has 0 saturated carbocycles. The van der Waals surface area contributed by atoms with Gasteiger partial charge in [-0.15, -0.1) is 10.2 Å². The van der Waals surface area contributed by atoms with Gasteiger partial charge < -0.3 is 14.8 Å². The normalized spacial score (nSPS) is 13.0. The number of nitrogens with zero attached hydrogens (tertiary/aromatic N) is 3. The third kappa shape index (κ3) is 4.88. The molecule has 5 rings (SSSR count). The van der Waals surface area contributed by atoms with E-state index < -0.39 is 5.25 Å². The molecule has 0 fully saturated rings. The van der Waals surface area contributed by atoms with E-state index in [9.17, 15) is 4.79 Å². The van der Waals surface area contributed by atoms with E-state index in [1.54, 1.807) is 24.3 Å². The molecule has 3 aromatic carbocycles. The zero-order valence-electron chi connectivity index (χ0n) is 18.3. The summed E-state index contributed by atoms with van der Waals surface area (Å²) in [5.41, 5.74) is 2.65. The van der Waals surface area contributed by atoms with Gasteiger partial charge in [0.05, 0.1) is 11.8 Å². The van der Waals surface area contributed by atoms with Crippen LogP contribution in [-0.4, -0.2) is 32.7 Å². The van der Waals surface area contributed by atoms with Crippen LogP contribution in [0.25, 0.3) is 11.4 Å². The Morgan fingerprint density at radius 1 is 1.06 bits per heavy atom. The number of aromatic nitrogens is 3. The minimum atomic E-state index is -0.404. The van der Waals surface area contributed by atoms with Gasteiger partial charge in [0.15, 0.2) is 22.5 Å². The summed E-state index contributed by atoms with van der Waals surface area (Å²) in [5.74, 6) is 2.05. The number of anilines is 1. The summed E-state index contributed by atoms with van der Waals surface area (Å²) in [6, 6.07) is 22.7. The molecular weight excluding hydrogens is 472 g/mol. The molecule has 4 aromatic rings. The lowest BCUT2D eigenvalue weighted by molar-refractivity contribution is -0.115. The first kappa shape index (κ1) is 22.3. The first-order valence-corrected chi connectivity index (χ1v) is 11.9. The van der Waals surface area contributed by atoms with Gasteiger partial charge in [0, 0.05) is 16.3 Å². The summed E-state index contributed by atoms with van der Waals surface area (Å²) < 4.78 is 13.0. The van der Waals surface area contributed by atoms with Gasteiger partial charge in [-0.25, -0.2) is 0 Å².